The van der Waals surface area contributed by atoms with E-state index in [2.05, 4.69) is 10.1 Å². The van der Waals surface area contributed by atoms with Gasteiger partial charge >= 0.3 is 0 Å². The molecular weight excluding hydrogens is 319 g/mol. The van der Waals surface area contributed by atoms with Gasteiger partial charge in [-0.3, -0.25) is 4.79 Å². The Labute approximate surface area is 139 Å². The van der Waals surface area contributed by atoms with Crippen molar-refractivity contribution in [1.82, 2.24) is 19.7 Å². The van der Waals surface area contributed by atoms with E-state index < -0.39 is 5.82 Å². The second kappa shape index (κ2) is 6.28. The molecule has 5 nitrogen and oxygen atoms in total. The summed E-state index contributed by atoms with van der Waals surface area (Å²) >= 11 is 6.01. The molecule has 1 aromatic carbocycles. The number of likely N-dealkylation sites (tertiary alicyclic amines) is 1. The fraction of sp³-hybridized carbons (Fsp3) is 0.438. The van der Waals surface area contributed by atoms with Crippen LogP contribution in [0.5, 0.6) is 0 Å². The molecule has 1 aromatic heterocycles. The van der Waals surface area contributed by atoms with E-state index in [0.29, 0.717) is 18.9 Å². The van der Waals surface area contributed by atoms with Crippen LogP contribution >= 0.6 is 11.6 Å². The van der Waals surface area contributed by atoms with Crippen LogP contribution in [0.2, 0.25) is 5.02 Å². The average molecular weight is 337 g/mol. The summed E-state index contributed by atoms with van der Waals surface area (Å²) in [6.45, 7) is 4.81. The topological polar surface area (TPSA) is 51.0 Å². The molecule has 7 heteroatoms. The van der Waals surface area contributed by atoms with Gasteiger partial charge in [0.25, 0.3) is 5.91 Å². The zero-order valence-electron chi connectivity index (χ0n) is 13.1. The molecule has 0 bridgehead atoms. The summed E-state index contributed by atoms with van der Waals surface area (Å²) in [7, 11) is 0. The van der Waals surface area contributed by atoms with Crippen LogP contribution in [0, 0.1) is 19.7 Å². The maximum Gasteiger partial charge on any atom is 0.258 e. The van der Waals surface area contributed by atoms with Crippen LogP contribution in [0.3, 0.4) is 0 Å². The van der Waals surface area contributed by atoms with Gasteiger partial charge in [-0.2, -0.15) is 5.10 Å². The Kier molecular flexibility index (Phi) is 4.35. The van der Waals surface area contributed by atoms with Crippen molar-refractivity contribution >= 4 is 17.5 Å². The van der Waals surface area contributed by atoms with E-state index >= 15 is 0 Å². The third-order valence-corrected chi connectivity index (χ3v) is 4.43. The summed E-state index contributed by atoms with van der Waals surface area (Å²) in [5.41, 5.74) is -0.0543. The molecule has 2 heterocycles. The minimum atomic E-state index is -0.586. The predicted molar refractivity (Wildman–Crippen MR) is 85.1 cm³/mol. The van der Waals surface area contributed by atoms with Gasteiger partial charge in [0.1, 0.15) is 17.5 Å². The lowest BCUT2D eigenvalue weighted by Gasteiger charge is -2.33. The largest absolute Gasteiger partial charge is 0.336 e. The maximum atomic E-state index is 14.0. The molecule has 1 atom stereocenters. The smallest absolute Gasteiger partial charge is 0.258 e. The van der Waals surface area contributed by atoms with Gasteiger partial charge in [-0.05, 0) is 38.8 Å². The Morgan fingerprint density at radius 3 is 2.83 bits per heavy atom. The Morgan fingerprint density at radius 2 is 2.17 bits per heavy atom. The molecule has 0 radical (unpaired) electrons. The number of hydrogen-bond donors (Lipinski definition) is 0. The van der Waals surface area contributed by atoms with Crippen molar-refractivity contribution in [3.63, 3.8) is 0 Å². The van der Waals surface area contributed by atoms with E-state index in [9.17, 15) is 9.18 Å². The molecule has 2 aromatic rings. The third-order valence-electron chi connectivity index (χ3n) is 4.11. The number of hydrogen-bond acceptors (Lipinski definition) is 3. The van der Waals surface area contributed by atoms with Gasteiger partial charge in [-0.1, -0.05) is 17.7 Å². The van der Waals surface area contributed by atoms with Gasteiger partial charge in [-0.25, -0.2) is 14.1 Å². The number of carbonyl (C=O) groups excluding carboxylic acids is 1. The highest BCUT2D eigenvalue weighted by atomic mass is 35.5. The zero-order valence-corrected chi connectivity index (χ0v) is 13.8. The first-order valence-corrected chi connectivity index (χ1v) is 7.98. The molecule has 1 amide bonds. The van der Waals surface area contributed by atoms with Gasteiger partial charge in [0, 0.05) is 13.1 Å². The van der Waals surface area contributed by atoms with Gasteiger partial charge in [0.2, 0.25) is 0 Å². The van der Waals surface area contributed by atoms with E-state index in [1.165, 1.54) is 18.2 Å². The monoisotopic (exact) mass is 336 g/mol. The number of aromatic nitrogens is 3. The van der Waals surface area contributed by atoms with Crippen LogP contribution in [0.15, 0.2) is 18.2 Å². The first-order chi connectivity index (χ1) is 11.0. The second-order valence-electron chi connectivity index (χ2n) is 5.79. The van der Waals surface area contributed by atoms with E-state index in [1.807, 2.05) is 18.5 Å². The molecule has 1 fully saturated rings. The van der Waals surface area contributed by atoms with E-state index in [4.69, 9.17) is 11.6 Å². The summed E-state index contributed by atoms with van der Waals surface area (Å²) < 4.78 is 15.8. The van der Waals surface area contributed by atoms with Crippen LogP contribution < -0.4 is 0 Å². The molecule has 3 rings (SSSR count). The minimum Gasteiger partial charge on any atom is -0.336 e. The number of carbonyl (C=O) groups is 1. The molecule has 0 aliphatic carbocycles. The number of aryl methyl sites for hydroxylation is 2. The van der Waals surface area contributed by atoms with Gasteiger partial charge in [-0.15, -0.1) is 0 Å². The standard InChI is InChI=1S/C16H18ClFN4O/c1-10-19-11(2)22(20-10)12-5-4-8-21(9-12)16(23)15-13(17)6-3-7-14(15)18/h3,6-7,12H,4-5,8-9H2,1-2H3/t12-/m0/s1. The van der Waals surface area contributed by atoms with Gasteiger partial charge < -0.3 is 4.90 Å². The summed E-state index contributed by atoms with van der Waals surface area (Å²) in [6, 6.07) is 4.34. The molecular formula is C16H18ClFN4O. The highest BCUT2D eigenvalue weighted by Gasteiger charge is 2.29. The lowest BCUT2D eigenvalue weighted by molar-refractivity contribution is 0.0666. The minimum absolute atomic E-state index is 0.0543. The van der Waals surface area contributed by atoms with E-state index in [0.717, 1.165) is 18.7 Å². The first kappa shape index (κ1) is 15.9. The number of nitrogens with zero attached hydrogens (tertiary/aromatic N) is 4. The van der Waals surface area contributed by atoms with Crippen molar-refractivity contribution < 1.29 is 9.18 Å². The van der Waals surface area contributed by atoms with Crippen LogP contribution in [-0.2, 0) is 0 Å². The number of benzene rings is 1. The number of piperidine rings is 1. The zero-order chi connectivity index (χ0) is 16.6. The molecule has 0 unspecified atom stereocenters. The van der Waals surface area contributed by atoms with Crippen molar-refractivity contribution in [2.45, 2.75) is 32.7 Å². The number of rotatable bonds is 2. The van der Waals surface area contributed by atoms with Crippen LogP contribution in [0.1, 0.15) is 40.9 Å². The third kappa shape index (κ3) is 3.08. The predicted octanol–water partition coefficient (Wildman–Crippen LogP) is 3.16. The first-order valence-electron chi connectivity index (χ1n) is 7.60. The average Bonchev–Trinajstić information content (AvgIpc) is 2.86. The second-order valence-corrected chi connectivity index (χ2v) is 6.20. The summed E-state index contributed by atoms with van der Waals surface area (Å²) in [6.07, 6.45) is 1.75. The van der Waals surface area contributed by atoms with Crippen molar-refractivity contribution in [2.75, 3.05) is 13.1 Å². The van der Waals surface area contributed by atoms with Crippen molar-refractivity contribution in [3.05, 3.63) is 46.3 Å². The van der Waals surface area contributed by atoms with Crippen LogP contribution in [-0.4, -0.2) is 38.7 Å². The summed E-state index contributed by atoms with van der Waals surface area (Å²) in [5, 5.41) is 4.55. The lowest BCUT2D eigenvalue weighted by Crippen LogP contribution is -2.41. The summed E-state index contributed by atoms with van der Waals surface area (Å²) in [5.74, 6) is 0.582. The van der Waals surface area contributed by atoms with Crippen molar-refractivity contribution in [1.29, 1.82) is 0 Å². The molecule has 122 valence electrons. The Morgan fingerprint density at radius 1 is 1.39 bits per heavy atom. The molecule has 1 aliphatic rings. The fourth-order valence-corrected chi connectivity index (χ4v) is 3.32. The van der Waals surface area contributed by atoms with Crippen molar-refractivity contribution in [3.8, 4) is 0 Å². The Balaban J connectivity index is 1.84. The van der Waals surface area contributed by atoms with Gasteiger partial charge in [0.15, 0.2) is 0 Å². The van der Waals surface area contributed by atoms with Crippen LogP contribution in [0.4, 0.5) is 4.39 Å². The number of halogens is 2. The lowest BCUT2D eigenvalue weighted by atomic mass is 10.0. The molecule has 0 saturated carbocycles. The molecule has 23 heavy (non-hydrogen) atoms. The molecule has 0 spiro atoms. The van der Waals surface area contributed by atoms with E-state index in [1.54, 1.807) is 4.90 Å². The Bertz CT molecular complexity index is 725. The molecule has 1 aliphatic heterocycles. The SMILES string of the molecule is Cc1nc(C)n([C@H]2CCCN(C(=O)c3c(F)cccc3Cl)C2)n1. The van der Waals surface area contributed by atoms with Gasteiger partial charge in [0.05, 0.1) is 16.6 Å². The molecule has 1 saturated heterocycles. The fourth-order valence-electron chi connectivity index (χ4n) is 3.08. The maximum absolute atomic E-state index is 14.0. The van der Waals surface area contributed by atoms with E-state index in [-0.39, 0.29) is 22.5 Å². The number of amides is 1. The van der Waals surface area contributed by atoms with Crippen LogP contribution in [0.25, 0.3) is 0 Å². The summed E-state index contributed by atoms with van der Waals surface area (Å²) in [4.78, 5) is 18.6. The highest BCUT2D eigenvalue weighted by Crippen LogP contribution is 2.26. The molecule has 0 N–H and O–H groups in total. The normalized spacial score (nSPS) is 18.3. The van der Waals surface area contributed by atoms with Crippen molar-refractivity contribution in [2.24, 2.45) is 0 Å². The highest BCUT2D eigenvalue weighted by molar-refractivity contribution is 6.33. The Hall–Kier alpha value is -1.95. The quantitative estimate of drug-likeness (QED) is 0.846.